The lowest BCUT2D eigenvalue weighted by Gasteiger charge is -2.31. The predicted molar refractivity (Wildman–Crippen MR) is 131 cm³/mol. The highest BCUT2D eigenvalue weighted by Crippen LogP contribution is 2.53. The van der Waals surface area contributed by atoms with Crippen LogP contribution < -0.4 is 0 Å². The van der Waals surface area contributed by atoms with Crippen LogP contribution in [0, 0.1) is 0 Å². The number of rotatable bonds is 7. The van der Waals surface area contributed by atoms with Crippen LogP contribution in [-0.4, -0.2) is 50.1 Å². The molecule has 0 radical (unpaired) electrons. The van der Waals surface area contributed by atoms with Gasteiger partial charge in [-0.2, -0.15) is 0 Å². The van der Waals surface area contributed by atoms with E-state index in [-0.39, 0.29) is 17.7 Å². The van der Waals surface area contributed by atoms with Gasteiger partial charge in [-0.15, -0.1) is 16.9 Å². The maximum absolute atomic E-state index is 13.7. The molecule has 1 aromatic carbocycles. The fourth-order valence-corrected chi connectivity index (χ4v) is 6.29. The van der Waals surface area contributed by atoms with Gasteiger partial charge in [0.1, 0.15) is 17.6 Å². The largest absolute Gasteiger partial charge is 0.342 e. The van der Waals surface area contributed by atoms with E-state index in [1.54, 1.807) is 16.4 Å². The van der Waals surface area contributed by atoms with E-state index in [1.165, 1.54) is 10.5 Å². The first-order valence-electron chi connectivity index (χ1n) is 11.6. The fraction of sp³-hybridized carbons (Fsp3) is 0.400. The van der Waals surface area contributed by atoms with E-state index in [0.717, 1.165) is 40.7 Å². The third-order valence-electron chi connectivity index (χ3n) is 6.43. The molecule has 1 amide bonds. The summed E-state index contributed by atoms with van der Waals surface area (Å²) in [4.78, 5) is 16.9. The molecule has 6 nitrogen and oxygen atoms in total. The fourth-order valence-electron chi connectivity index (χ4n) is 4.87. The molecule has 5 rings (SSSR count). The first kappa shape index (κ1) is 21.9. The van der Waals surface area contributed by atoms with E-state index in [1.807, 2.05) is 37.1 Å². The zero-order chi connectivity index (χ0) is 22.9. The number of hydrogen-bond acceptors (Lipinski definition) is 4. The van der Waals surface area contributed by atoms with Crippen LogP contribution in [-0.2, 0) is 17.9 Å². The summed E-state index contributed by atoms with van der Waals surface area (Å²) in [6.07, 6.45) is 8.17. The smallest absolute Gasteiger partial charge is 0.240 e. The lowest BCUT2D eigenvalue weighted by Crippen LogP contribution is -2.34. The van der Waals surface area contributed by atoms with Gasteiger partial charge < -0.3 is 9.47 Å². The van der Waals surface area contributed by atoms with Crippen LogP contribution in [0.1, 0.15) is 48.9 Å². The molecule has 3 heterocycles. The number of thioether (sulfide) groups is 1. The molecule has 8 heteroatoms. The van der Waals surface area contributed by atoms with Gasteiger partial charge in [-0.25, -0.2) is 9.07 Å². The number of amides is 1. The van der Waals surface area contributed by atoms with Gasteiger partial charge in [-0.1, -0.05) is 35.6 Å². The monoisotopic (exact) mass is 465 g/mol. The number of carbonyl (C=O) groups is 1. The van der Waals surface area contributed by atoms with Crippen LogP contribution in [0.3, 0.4) is 0 Å². The van der Waals surface area contributed by atoms with Crippen molar-refractivity contribution in [1.82, 2.24) is 24.5 Å². The van der Waals surface area contributed by atoms with Crippen LogP contribution in [0.4, 0.5) is 4.39 Å². The summed E-state index contributed by atoms with van der Waals surface area (Å²) in [6.45, 7) is 5.71. The summed E-state index contributed by atoms with van der Waals surface area (Å²) < 4.78 is 16.6. The first-order valence-corrected chi connectivity index (χ1v) is 12.5. The van der Waals surface area contributed by atoms with Crippen LogP contribution in [0.25, 0.3) is 16.5 Å². The number of nitrogens with zero attached hydrogens (tertiary/aromatic N) is 5. The predicted octanol–water partition coefficient (Wildman–Crippen LogP) is 4.97. The quantitative estimate of drug-likeness (QED) is 0.495. The number of hydrogen-bond donors (Lipinski definition) is 0. The second-order valence-corrected chi connectivity index (χ2v) is 9.51. The lowest BCUT2D eigenvalue weighted by molar-refractivity contribution is -0.130. The number of likely N-dealkylation sites (N-methyl/N-ethyl adjacent to an activating group) is 1. The SMILES string of the molecule is CCN(CC)C(=O)C1SC2=C(C=CCC2)c2c1c1ccccc1n2Cc1cn(CCF)nn1. The molecule has 0 saturated carbocycles. The van der Waals surface area contributed by atoms with Crippen LogP contribution in [0.15, 0.2) is 47.5 Å². The lowest BCUT2D eigenvalue weighted by atomic mass is 9.96. The van der Waals surface area contributed by atoms with Crippen LogP contribution in [0.2, 0.25) is 0 Å². The van der Waals surface area contributed by atoms with Crippen molar-refractivity contribution in [1.29, 1.82) is 0 Å². The Morgan fingerprint density at radius 2 is 2.09 bits per heavy atom. The summed E-state index contributed by atoms with van der Waals surface area (Å²) in [6, 6.07) is 8.29. The van der Waals surface area contributed by atoms with Crippen molar-refractivity contribution in [2.75, 3.05) is 19.8 Å². The standard InChI is InChI=1S/C25H28FN5OS/c1-3-29(4-2)25(32)24-22-18-9-5-7-11-20(18)31(16-17-15-30(14-13-26)28-27-17)23(22)19-10-6-8-12-21(19)33-24/h5-7,9-11,15,24H,3-4,8,12-14,16H2,1-2H3. The normalized spacial score (nSPS) is 17.4. The van der Waals surface area contributed by atoms with E-state index < -0.39 is 6.67 Å². The molecule has 2 aromatic heterocycles. The zero-order valence-electron chi connectivity index (χ0n) is 19.0. The van der Waals surface area contributed by atoms with Gasteiger partial charge in [0, 0.05) is 35.1 Å². The van der Waals surface area contributed by atoms with Crippen molar-refractivity contribution in [3.05, 3.63) is 64.5 Å². The molecule has 1 unspecified atom stereocenters. The zero-order valence-corrected chi connectivity index (χ0v) is 19.8. The van der Waals surface area contributed by atoms with Crippen molar-refractivity contribution in [3.8, 4) is 0 Å². The molecule has 0 bridgehead atoms. The molecular formula is C25H28FN5OS. The third-order valence-corrected chi connectivity index (χ3v) is 7.81. The van der Waals surface area contributed by atoms with Gasteiger partial charge in [-0.05, 0) is 37.7 Å². The van der Waals surface area contributed by atoms with Crippen LogP contribution in [0.5, 0.6) is 0 Å². The average Bonchev–Trinajstić information content (AvgIpc) is 3.42. The van der Waals surface area contributed by atoms with Gasteiger partial charge in [-0.3, -0.25) is 4.79 Å². The number of allylic oxidation sites excluding steroid dienone is 4. The Hall–Kier alpha value is -2.87. The van der Waals surface area contributed by atoms with Gasteiger partial charge in [0.25, 0.3) is 0 Å². The van der Waals surface area contributed by atoms with Crippen molar-refractivity contribution in [3.63, 3.8) is 0 Å². The van der Waals surface area contributed by atoms with Gasteiger partial charge in [0.2, 0.25) is 5.91 Å². The van der Waals surface area contributed by atoms with E-state index in [4.69, 9.17) is 0 Å². The van der Waals surface area contributed by atoms with Gasteiger partial charge >= 0.3 is 0 Å². The molecule has 0 spiro atoms. The number of aromatic nitrogens is 4. The number of fused-ring (bicyclic) bond motifs is 4. The maximum atomic E-state index is 13.7. The van der Waals surface area contributed by atoms with Crippen molar-refractivity contribution < 1.29 is 9.18 Å². The molecule has 1 atom stereocenters. The summed E-state index contributed by atoms with van der Waals surface area (Å²) in [5.74, 6) is 0.171. The van der Waals surface area contributed by atoms with E-state index in [0.29, 0.717) is 19.6 Å². The highest BCUT2D eigenvalue weighted by atomic mass is 32.2. The molecule has 0 saturated heterocycles. The minimum atomic E-state index is -0.474. The van der Waals surface area contributed by atoms with Crippen LogP contribution >= 0.6 is 11.8 Å². The number of benzene rings is 1. The molecular weight excluding hydrogens is 437 g/mol. The molecule has 1 aliphatic carbocycles. The Morgan fingerprint density at radius 3 is 2.88 bits per heavy atom. The summed E-state index contributed by atoms with van der Waals surface area (Å²) in [5.41, 5.74) is 5.25. The summed E-state index contributed by atoms with van der Waals surface area (Å²) >= 11 is 1.72. The summed E-state index contributed by atoms with van der Waals surface area (Å²) in [7, 11) is 0. The van der Waals surface area contributed by atoms with E-state index in [9.17, 15) is 9.18 Å². The van der Waals surface area contributed by atoms with Crippen molar-refractivity contribution in [2.24, 2.45) is 0 Å². The Balaban J connectivity index is 1.70. The number of para-hydroxylation sites is 1. The van der Waals surface area contributed by atoms with E-state index >= 15 is 0 Å². The Kier molecular flexibility index (Phi) is 6.10. The molecule has 2 aliphatic rings. The number of carbonyl (C=O) groups excluding carboxylic acids is 1. The first-order chi connectivity index (χ1) is 16.2. The molecule has 3 aromatic rings. The molecule has 0 fully saturated rings. The van der Waals surface area contributed by atoms with E-state index in [2.05, 4.69) is 39.2 Å². The number of alkyl halides is 1. The highest BCUT2D eigenvalue weighted by molar-refractivity contribution is 8.04. The molecule has 172 valence electrons. The van der Waals surface area contributed by atoms with Crippen molar-refractivity contribution >= 4 is 34.1 Å². The second-order valence-electron chi connectivity index (χ2n) is 8.31. The molecule has 33 heavy (non-hydrogen) atoms. The molecule has 1 aliphatic heterocycles. The third kappa shape index (κ3) is 3.80. The van der Waals surface area contributed by atoms with Crippen molar-refractivity contribution in [2.45, 2.75) is 45.0 Å². The second kappa shape index (κ2) is 9.17. The topological polar surface area (TPSA) is 56.0 Å². The highest BCUT2D eigenvalue weighted by Gasteiger charge is 2.38. The number of aryl methyl sites for hydroxylation is 1. The number of halogens is 1. The maximum Gasteiger partial charge on any atom is 0.240 e. The minimum Gasteiger partial charge on any atom is -0.342 e. The van der Waals surface area contributed by atoms with Gasteiger partial charge in [0.05, 0.1) is 25.0 Å². The van der Waals surface area contributed by atoms with Gasteiger partial charge in [0.15, 0.2) is 0 Å². The molecule has 0 N–H and O–H groups in total. The average molecular weight is 466 g/mol. The Bertz CT molecular complexity index is 1250. The Morgan fingerprint density at radius 1 is 1.27 bits per heavy atom. The Labute approximate surface area is 197 Å². The minimum absolute atomic E-state index is 0.171. The summed E-state index contributed by atoms with van der Waals surface area (Å²) in [5, 5.41) is 9.20.